The largest absolute Gasteiger partial charge is 0.392 e. The van der Waals surface area contributed by atoms with Crippen LogP contribution in [0.1, 0.15) is 24.8 Å². The van der Waals surface area contributed by atoms with E-state index in [1.54, 1.807) is 0 Å². The van der Waals surface area contributed by atoms with E-state index in [0.29, 0.717) is 5.56 Å². The van der Waals surface area contributed by atoms with Crippen LogP contribution in [0.5, 0.6) is 0 Å². The third-order valence-corrected chi connectivity index (χ3v) is 3.81. The van der Waals surface area contributed by atoms with Crippen LogP contribution < -0.4 is 4.72 Å². The Bertz CT molecular complexity index is 515. The van der Waals surface area contributed by atoms with Gasteiger partial charge in [0.2, 0.25) is 0 Å². The van der Waals surface area contributed by atoms with Gasteiger partial charge in [-0.25, -0.2) is 18.1 Å². The van der Waals surface area contributed by atoms with Crippen molar-refractivity contribution in [3.05, 3.63) is 23.9 Å². The summed E-state index contributed by atoms with van der Waals surface area (Å²) in [6, 6.07) is 2.63. The van der Waals surface area contributed by atoms with Crippen LogP contribution in [0.4, 0.5) is 13.2 Å². The van der Waals surface area contributed by atoms with Gasteiger partial charge >= 0.3 is 6.18 Å². The van der Waals surface area contributed by atoms with Gasteiger partial charge in [-0.1, -0.05) is 6.07 Å². The summed E-state index contributed by atoms with van der Waals surface area (Å²) in [6.45, 7) is -0.333. The van der Waals surface area contributed by atoms with Gasteiger partial charge in [0.25, 0.3) is 10.0 Å². The minimum absolute atomic E-state index is 0.0815. The zero-order valence-corrected chi connectivity index (χ0v) is 11.3. The number of halogens is 3. The van der Waals surface area contributed by atoms with Gasteiger partial charge in [0, 0.05) is 19.2 Å². The molecule has 1 rings (SSSR count). The van der Waals surface area contributed by atoms with Crippen molar-refractivity contribution < 1.29 is 26.7 Å². The Labute approximate surface area is 114 Å². The standard InChI is InChI=1S/C11H15F3N2O3S/c12-11(13,14)5-1-2-6-16-20(18,19)10-4-3-9(8-17)7-15-10/h3-4,7,16-17H,1-2,5-6,8H2. The maximum absolute atomic E-state index is 11.9. The molecule has 0 atom stereocenters. The summed E-state index contributed by atoms with van der Waals surface area (Å²) >= 11 is 0. The SMILES string of the molecule is O=S(=O)(NCCCCC(F)(F)F)c1ccc(CO)cn1. The first-order valence-electron chi connectivity index (χ1n) is 5.87. The van der Waals surface area contributed by atoms with Gasteiger partial charge in [-0.15, -0.1) is 0 Å². The van der Waals surface area contributed by atoms with Crippen molar-refractivity contribution in [2.24, 2.45) is 0 Å². The van der Waals surface area contributed by atoms with Gasteiger partial charge in [0.1, 0.15) is 0 Å². The normalized spacial score (nSPS) is 12.6. The molecule has 0 saturated heterocycles. The zero-order chi connectivity index (χ0) is 15.2. The number of alkyl halides is 3. The van der Waals surface area contributed by atoms with Crippen LogP contribution in [0, 0.1) is 0 Å². The molecule has 5 nitrogen and oxygen atoms in total. The van der Waals surface area contributed by atoms with Crippen LogP contribution in [0.2, 0.25) is 0 Å². The van der Waals surface area contributed by atoms with E-state index in [2.05, 4.69) is 9.71 Å². The van der Waals surface area contributed by atoms with Gasteiger partial charge in [-0.3, -0.25) is 0 Å². The highest BCUT2D eigenvalue weighted by molar-refractivity contribution is 7.89. The summed E-state index contributed by atoms with van der Waals surface area (Å²) in [7, 11) is -3.83. The van der Waals surface area contributed by atoms with Gasteiger partial charge < -0.3 is 5.11 Å². The number of pyridine rings is 1. The highest BCUT2D eigenvalue weighted by Gasteiger charge is 2.26. The Kier molecular flexibility index (Phi) is 5.90. The summed E-state index contributed by atoms with van der Waals surface area (Å²) < 4.78 is 61.3. The molecule has 0 aromatic carbocycles. The van der Waals surface area contributed by atoms with Crippen molar-refractivity contribution in [1.29, 1.82) is 0 Å². The lowest BCUT2D eigenvalue weighted by atomic mass is 10.2. The first-order chi connectivity index (χ1) is 9.24. The second-order valence-electron chi connectivity index (χ2n) is 4.13. The predicted octanol–water partition coefficient (Wildman–Crippen LogP) is 1.58. The monoisotopic (exact) mass is 312 g/mol. The summed E-state index contributed by atoms with van der Waals surface area (Å²) in [4.78, 5) is 3.67. The minimum Gasteiger partial charge on any atom is -0.392 e. The summed E-state index contributed by atoms with van der Waals surface area (Å²) in [5, 5.41) is 8.57. The van der Waals surface area contributed by atoms with E-state index >= 15 is 0 Å². The molecule has 1 heterocycles. The Hall–Kier alpha value is -1.19. The number of nitrogens with zero attached hydrogens (tertiary/aromatic N) is 1. The molecule has 0 spiro atoms. The van der Waals surface area contributed by atoms with Crippen LogP contribution in [0.15, 0.2) is 23.4 Å². The van der Waals surface area contributed by atoms with E-state index in [0.717, 1.165) is 0 Å². The van der Waals surface area contributed by atoms with Crippen LogP contribution >= 0.6 is 0 Å². The molecule has 0 bridgehead atoms. The van der Waals surface area contributed by atoms with Crippen LogP contribution in [0.3, 0.4) is 0 Å². The van der Waals surface area contributed by atoms with E-state index in [9.17, 15) is 21.6 Å². The lowest BCUT2D eigenvalue weighted by Gasteiger charge is -2.07. The number of aliphatic hydroxyl groups excluding tert-OH is 1. The molecule has 0 fully saturated rings. The number of hydrogen-bond acceptors (Lipinski definition) is 4. The molecular weight excluding hydrogens is 297 g/mol. The third-order valence-electron chi connectivity index (χ3n) is 2.43. The molecule has 1 aromatic rings. The Balaban J connectivity index is 2.45. The topological polar surface area (TPSA) is 79.3 Å². The number of sulfonamides is 1. The fourth-order valence-electron chi connectivity index (χ4n) is 1.39. The maximum atomic E-state index is 11.9. The summed E-state index contributed by atoms with van der Waals surface area (Å²) in [5.74, 6) is 0. The smallest absolute Gasteiger partial charge is 0.389 e. The van der Waals surface area contributed by atoms with Crippen molar-refractivity contribution in [3.8, 4) is 0 Å². The first kappa shape index (κ1) is 16.9. The van der Waals surface area contributed by atoms with Crippen molar-refractivity contribution in [3.63, 3.8) is 0 Å². The van der Waals surface area contributed by atoms with Crippen LogP contribution in [-0.4, -0.2) is 31.2 Å². The molecule has 0 radical (unpaired) electrons. The molecule has 114 valence electrons. The zero-order valence-electron chi connectivity index (χ0n) is 10.5. The summed E-state index contributed by atoms with van der Waals surface area (Å²) in [5.41, 5.74) is 0.467. The molecule has 2 N–H and O–H groups in total. The molecular formula is C11H15F3N2O3S. The number of hydrogen-bond donors (Lipinski definition) is 2. The number of unbranched alkanes of at least 4 members (excludes halogenated alkanes) is 1. The quantitative estimate of drug-likeness (QED) is 0.749. The van der Waals surface area contributed by atoms with Crippen molar-refractivity contribution in [2.75, 3.05) is 6.54 Å². The first-order valence-corrected chi connectivity index (χ1v) is 7.35. The van der Waals surface area contributed by atoms with E-state index in [1.165, 1.54) is 18.3 Å². The number of aliphatic hydroxyl groups is 1. The minimum atomic E-state index is -4.22. The van der Waals surface area contributed by atoms with Gasteiger partial charge in [-0.05, 0) is 24.5 Å². The maximum Gasteiger partial charge on any atom is 0.389 e. The van der Waals surface area contributed by atoms with Crippen LogP contribution in [-0.2, 0) is 16.6 Å². The predicted molar refractivity (Wildman–Crippen MR) is 65.3 cm³/mol. The second-order valence-corrected chi connectivity index (χ2v) is 5.85. The highest BCUT2D eigenvalue weighted by Crippen LogP contribution is 2.21. The lowest BCUT2D eigenvalue weighted by Crippen LogP contribution is -2.26. The summed E-state index contributed by atoms with van der Waals surface area (Å²) in [6.07, 6.45) is -3.98. The van der Waals surface area contributed by atoms with Crippen molar-refractivity contribution in [1.82, 2.24) is 9.71 Å². The van der Waals surface area contributed by atoms with E-state index in [-0.39, 0.29) is 31.0 Å². The van der Waals surface area contributed by atoms with E-state index in [1.807, 2.05) is 0 Å². The molecule has 1 aromatic heterocycles. The van der Waals surface area contributed by atoms with Gasteiger partial charge in [-0.2, -0.15) is 13.2 Å². The lowest BCUT2D eigenvalue weighted by molar-refractivity contribution is -0.135. The fourth-order valence-corrected chi connectivity index (χ4v) is 2.39. The average molecular weight is 312 g/mol. The fraction of sp³-hybridized carbons (Fsp3) is 0.545. The molecule has 0 aliphatic rings. The average Bonchev–Trinajstić information content (AvgIpc) is 2.37. The van der Waals surface area contributed by atoms with Crippen molar-refractivity contribution >= 4 is 10.0 Å². The highest BCUT2D eigenvalue weighted by atomic mass is 32.2. The van der Waals surface area contributed by atoms with Crippen LogP contribution in [0.25, 0.3) is 0 Å². The molecule has 0 aliphatic heterocycles. The van der Waals surface area contributed by atoms with Crippen molar-refractivity contribution in [2.45, 2.75) is 37.1 Å². The van der Waals surface area contributed by atoms with Gasteiger partial charge in [0.05, 0.1) is 6.61 Å². The Morgan fingerprint density at radius 1 is 1.25 bits per heavy atom. The molecule has 9 heteroatoms. The second kappa shape index (κ2) is 7.00. The number of nitrogens with one attached hydrogen (secondary N) is 1. The van der Waals surface area contributed by atoms with Gasteiger partial charge in [0.15, 0.2) is 5.03 Å². The molecule has 0 amide bonds. The molecule has 0 unspecified atom stereocenters. The molecule has 0 saturated carbocycles. The van der Waals surface area contributed by atoms with E-state index in [4.69, 9.17) is 5.11 Å². The number of rotatable bonds is 7. The Morgan fingerprint density at radius 3 is 2.45 bits per heavy atom. The van der Waals surface area contributed by atoms with E-state index < -0.39 is 22.6 Å². The Morgan fingerprint density at radius 2 is 1.95 bits per heavy atom. The number of aromatic nitrogens is 1. The third kappa shape index (κ3) is 5.85. The molecule has 20 heavy (non-hydrogen) atoms. The molecule has 0 aliphatic carbocycles.